The molecule has 0 bridgehead atoms. The van der Waals surface area contributed by atoms with Gasteiger partial charge in [-0.1, -0.05) is 0 Å². The second-order valence-electron chi connectivity index (χ2n) is 7.84. The van der Waals surface area contributed by atoms with E-state index in [-0.39, 0.29) is 29.2 Å². The van der Waals surface area contributed by atoms with Crippen LogP contribution in [0.1, 0.15) is 46.5 Å². The number of rotatable bonds is 2. The molecule has 1 aliphatic heterocycles. The van der Waals surface area contributed by atoms with Crippen LogP contribution in [-0.2, 0) is 13.0 Å². The zero-order chi connectivity index (χ0) is 19.9. The highest BCUT2D eigenvalue weighted by Crippen LogP contribution is 2.44. The first-order valence-electron chi connectivity index (χ1n) is 9.44. The second-order valence-corrected chi connectivity index (χ2v) is 7.84. The number of furan rings is 1. The van der Waals surface area contributed by atoms with E-state index in [2.05, 4.69) is 5.32 Å². The number of halogens is 2. The number of benzene rings is 1. The van der Waals surface area contributed by atoms with Gasteiger partial charge in [-0.3, -0.25) is 4.79 Å². The minimum atomic E-state index is -0.722. The number of carbonyl (C=O) groups excluding carboxylic acids is 2. The molecule has 1 saturated heterocycles. The number of carbonyl (C=O) groups is 2. The van der Waals surface area contributed by atoms with Gasteiger partial charge in [-0.2, -0.15) is 0 Å². The van der Waals surface area contributed by atoms with E-state index >= 15 is 0 Å². The van der Waals surface area contributed by atoms with Crippen LogP contribution in [0.3, 0.4) is 0 Å². The second kappa shape index (κ2) is 7.04. The summed E-state index contributed by atoms with van der Waals surface area (Å²) in [6.45, 7) is 3.24. The van der Waals surface area contributed by atoms with Crippen LogP contribution in [0.15, 0.2) is 28.9 Å². The van der Waals surface area contributed by atoms with Gasteiger partial charge in [0, 0.05) is 43.2 Å². The standard InChI is InChI=1S/C21H22F2N2O3/c1-13-14(2-7-28-13)12-24-20(27)25-5-3-21(4-6-25)10-17-16(19(26)11-21)8-15(22)9-18(17)23/h2,7-9H,3-6,10-12H2,1H3,(H,24,27). The maximum atomic E-state index is 14.2. The summed E-state index contributed by atoms with van der Waals surface area (Å²) < 4.78 is 32.9. The molecule has 2 amide bonds. The van der Waals surface area contributed by atoms with Crippen molar-refractivity contribution >= 4 is 11.8 Å². The highest BCUT2D eigenvalue weighted by molar-refractivity contribution is 5.99. The van der Waals surface area contributed by atoms with Crippen molar-refractivity contribution in [3.63, 3.8) is 0 Å². The van der Waals surface area contributed by atoms with Gasteiger partial charge in [-0.25, -0.2) is 13.6 Å². The molecule has 0 saturated carbocycles. The number of likely N-dealkylation sites (tertiary alicyclic amines) is 1. The number of amides is 2. The van der Waals surface area contributed by atoms with Crippen LogP contribution < -0.4 is 5.32 Å². The molecule has 2 aromatic rings. The third-order valence-corrected chi connectivity index (χ3v) is 6.06. The first kappa shape index (κ1) is 18.7. The summed E-state index contributed by atoms with van der Waals surface area (Å²) in [4.78, 5) is 26.7. The van der Waals surface area contributed by atoms with Crippen molar-refractivity contribution in [3.8, 4) is 0 Å². The lowest BCUT2D eigenvalue weighted by atomic mass is 9.66. The number of Topliss-reactive ketones (excluding diaryl/α,β-unsaturated/α-hetero) is 1. The van der Waals surface area contributed by atoms with Crippen LogP contribution in [0.4, 0.5) is 13.6 Å². The molecule has 4 rings (SSSR count). The lowest BCUT2D eigenvalue weighted by molar-refractivity contribution is 0.0729. The predicted molar refractivity (Wildman–Crippen MR) is 97.9 cm³/mol. The Kier molecular flexibility index (Phi) is 4.69. The normalized spacial score (nSPS) is 18.2. The molecule has 0 unspecified atom stereocenters. The third kappa shape index (κ3) is 3.41. The van der Waals surface area contributed by atoms with E-state index in [0.717, 1.165) is 23.5 Å². The number of fused-ring (bicyclic) bond motifs is 1. The van der Waals surface area contributed by atoms with E-state index in [4.69, 9.17) is 4.42 Å². The number of hydrogen-bond acceptors (Lipinski definition) is 3. The van der Waals surface area contributed by atoms with Gasteiger partial charge in [0.2, 0.25) is 0 Å². The molecule has 1 spiro atoms. The van der Waals surface area contributed by atoms with Crippen molar-refractivity contribution < 1.29 is 22.8 Å². The van der Waals surface area contributed by atoms with E-state index in [0.29, 0.717) is 44.5 Å². The molecule has 1 aliphatic carbocycles. The molecular weight excluding hydrogens is 366 g/mol. The third-order valence-electron chi connectivity index (χ3n) is 6.06. The van der Waals surface area contributed by atoms with Gasteiger partial charge >= 0.3 is 6.03 Å². The van der Waals surface area contributed by atoms with Crippen molar-refractivity contribution in [2.75, 3.05) is 13.1 Å². The number of piperidine rings is 1. The van der Waals surface area contributed by atoms with E-state index < -0.39 is 11.6 Å². The smallest absolute Gasteiger partial charge is 0.317 e. The van der Waals surface area contributed by atoms with Crippen molar-refractivity contribution in [1.82, 2.24) is 10.2 Å². The van der Waals surface area contributed by atoms with Crippen molar-refractivity contribution in [2.24, 2.45) is 5.41 Å². The van der Waals surface area contributed by atoms with Gasteiger partial charge in [-0.15, -0.1) is 0 Å². The highest BCUT2D eigenvalue weighted by Gasteiger charge is 2.42. The summed E-state index contributed by atoms with van der Waals surface area (Å²) in [6.07, 6.45) is 3.50. The molecule has 2 aliphatic rings. The number of ketones is 1. The molecule has 5 nitrogen and oxygen atoms in total. The van der Waals surface area contributed by atoms with Crippen LogP contribution in [0, 0.1) is 24.0 Å². The zero-order valence-corrected chi connectivity index (χ0v) is 15.7. The first-order valence-corrected chi connectivity index (χ1v) is 9.44. The Labute approximate surface area is 161 Å². The van der Waals surface area contributed by atoms with Crippen LogP contribution in [0.2, 0.25) is 0 Å². The van der Waals surface area contributed by atoms with E-state index in [9.17, 15) is 18.4 Å². The molecular formula is C21H22F2N2O3. The molecule has 148 valence electrons. The van der Waals surface area contributed by atoms with Gasteiger partial charge < -0.3 is 14.6 Å². The molecule has 1 fully saturated rings. The predicted octanol–water partition coefficient (Wildman–Crippen LogP) is 3.99. The average molecular weight is 388 g/mol. The maximum Gasteiger partial charge on any atom is 0.317 e. The molecule has 28 heavy (non-hydrogen) atoms. The Morgan fingerprint density at radius 1 is 1.25 bits per heavy atom. The average Bonchev–Trinajstić information content (AvgIpc) is 3.06. The summed E-state index contributed by atoms with van der Waals surface area (Å²) in [6, 6.07) is 3.63. The fraction of sp³-hybridized carbons (Fsp3) is 0.429. The molecule has 1 aromatic heterocycles. The topological polar surface area (TPSA) is 62.6 Å². The Hall–Kier alpha value is -2.70. The lowest BCUT2D eigenvalue weighted by Crippen LogP contribution is -2.49. The summed E-state index contributed by atoms with van der Waals surface area (Å²) in [5.41, 5.74) is 1.05. The summed E-state index contributed by atoms with van der Waals surface area (Å²) in [5.74, 6) is -0.818. The SMILES string of the molecule is Cc1occc1CNC(=O)N1CCC2(CC1)CC(=O)c1cc(F)cc(F)c1C2. The van der Waals surface area contributed by atoms with E-state index in [1.807, 2.05) is 13.0 Å². The van der Waals surface area contributed by atoms with Crippen LogP contribution >= 0.6 is 0 Å². The fourth-order valence-corrected chi connectivity index (χ4v) is 4.32. The number of urea groups is 1. The summed E-state index contributed by atoms with van der Waals surface area (Å²) >= 11 is 0. The molecule has 1 aromatic carbocycles. The summed E-state index contributed by atoms with van der Waals surface area (Å²) in [5, 5.41) is 2.89. The highest BCUT2D eigenvalue weighted by atomic mass is 19.1. The van der Waals surface area contributed by atoms with Gasteiger partial charge in [0.25, 0.3) is 0 Å². The van der Waals surface area contributed by atoms with E-state index in [1.54, 1.807) is 11.2 Å². The molecule has 7 heteroatoms. The molecule has 2 heterocycles. The van der Waals surface area contributed by atoms with Gasteiger partial charge in [-0.05, 0) is 49.3 Å². The molecule has 0 atom stereocenters. The van der Waals surface area contributed by atoms with E-state index in [1.165, 1.54) is 0 Å². The maximum absolute atomic E-state index is 14.2. The Morgan fingerprint density at radius 3 is 2.68 bits per heavy atom. The zero-order valence-electron chi connectivity index (χ0n) is 15.7. The number of aryl methyl sites for hydroxylation is 1. The monoisotopic (exact) mass is 388 g/mol. The van der Waals surface area contributed by atoms with Crippen LogP contribution in [0.25, 0.3) is 0 Å². The largest absolute Gasteiger partial charge is 0.469 e. The van der Waals surface area contributed by atoms with Gasteiger partial charge in [0.05, 0.1) is 6.26 Å². The van der Waals surface area contributed by atoms with Crippen molar-refractivity contribution in [2.45, 2.75) is 39.2 Å². The fourth-order valence-electron chi connectivity index (χ4n) is 4.32. The van der Waals surface area contributed by atoms with Crippen LogP contribution in [-0.4, -0.2) is 29.8 Å². The molecule has 0 radical (unpaired) electrons. The van der Waals surface area contributed by atoms with Crippen molar-refractivity contribution in [3.05, 3.63) is 58.5 Å². The van der Waals surface area contributed by atoms with Crippen LogP contribution in [0.5, 0.6) is 0 Å². The van der Waals surface area contributed by atoms with Gasteiger partial charge in [0.1, 0.15) is 17.4 Å². The van der Waals surface area contributed by atoms with Crippen molar-refractivity contribution in [1.29, 1.82) is 0 Å². The Balaban J connectivity index is 1.40. The number of nitrogens with zero attached hydrogens (tertiary/aromatic N) is 1. The Morgan fingerprint density at radius 2 is 2.00 bits per heavy atom. The lowest BCUT2D eigenvalue weighted by Gasteiger charge is -2.44. The minimum absolute atomic E-state index is 0.161. The first-order chi connectivity index (χ1) is 13.4. The number of nitrogens with one attached hydrogen (secondary N) is 1. The number of hydrogen-bond donors (Lipinski definition) is 1. The molecule has 1 N–H and O–H groups in total. The Bertz CT molecular complexity index is 930. The van der Waals surface area contributed by atoms with Gasteiger partial charge in [0.15, 0.2) is 5.78 Å². The quantitative estimate of drug-likeness (QED) is 0.846. The summed E-state index contributed by atoms with van der Waals surface area (Å²) in [7, 11) is 0. The minimum Gasteiger partial charge on any atom is -0.469 e.